The lowest BCUT2D eigenvalue weighted by molar-refractivity contribution is 0.217. The number of rotatable bonds is 8. The molecule has 0 fully saturated rings. The Hall–Kier alpha value is -2.16. The van der Waals surface area contributed by atoms with Gasteiger partial charge in [0.1, 0.15) is 18.1 Å². The summed E-state index contributed by atoms with van der Waals surface area (Å²) in [5.74, 6) is 1.87. The highest BCUT2D eigenvalue weighted by atomic mass is 16.5. The molecule has 0 bridgehead atoms. The Morgan fingerprint density at radius 2 is 1.66 bits per heavy atom. The third-order valence-corrected chi connectivity index (χ3v) is 5.09. The van der Waals surface area contributed by atoms with Crippen LogP contribution in [0.2, 0.25) is 0 Å². The molecule has 0 amide bonds. The summed E-state index contributed by atoms with van der Waals surface area (Å²) in [7, 11) is 0. The van der Waals surface area contributed by atoms with Gasteiger partial charge in [-0.2, -0.15) is 0 Å². The molecule has 2 aromatic carbocycles. The van der Waals surface area contributed by atoms with Gasteiger partial charge in [0.2, 0.25) is 0 Å². The van der Waals surface area contributed by atoms with Crippen molar-refractivity contribution in [1.29, 1.82) is 0 Å². The Kier molecular flexibility index (Phi) is 7.62. The monoisotopic (exact) mass is 397 g/mol. The molecule has 0 aromatic heterocycles. The molecule has 1 atom stereocenters. The molecule has 1 unspecified atom stereocenters. The van der Waals surface area contributed by atoms with Crippen LogP contribution in [-0.4, -0.2) is 19.3 Å². The van der Waals surface area contributed by atoms with E-state index in [0.717, 1.165) is 30.2 Å². The van der Waals surface area contributed by atoms with E-state index in [2.05, 4.69) is 85.0 Å². The van der Waals surface area contributed by atoms with E-state index in [9.17, 15) is 0 Å². The molecule has 3 heteroatoms. The smallest absolute Gasteiger partial charge is 0.123 e. The van der Waals surface area contributed by atoms with Gasteiger partial charge in [-0.1, -0.05) is 66.7 Å². The zero-order valence-electron chi connectivity index (χ0n) is 19.6. The second kappa shape index (κ2) is 9.56. The molecule has 160 valence electrons. The van der Waals surface area contributed by atoms with E-state index in [1.165, 1.54) is 11.1 Å². The average Bonchev–Trinajstić information content (AvgIpc) is 2.64. The van der Waals surface area contributed by atoms with E-state index in [-0.39, 0.29) is 16.9 Å². The lowest BCUT2D eigenvalue weighted by Gasteiger charge is -2.27. The first-order valence-electron chi connectivity index (χ1n) is 10.8. The molecule has 0 saturated heterocycles. The zero-order chi connectivity index (χ0) is 21.7. The van der Waals surface area contributed by atoms with Gasteiger partial charge in [-0.3, -0.25) is 0 Å². The van der Waals surface area contributed by atoms with Crippen LogP contribution in [0.15, 0.2) is 42.5 Å². The highest BCUT2D eigenvalue weighted by Crippen LogP contribution is 2.35. The number of anilines is 1. The van der Waals surface area contributed by atoms with Crippen molar-refractivity contribution in [3.05, 3.63) is 53.6 Å². The number of nitrogens with one attached hydrogen (secondary N) is 1. The summed E-state index contributed by atoms with van der Waals surface area (Å²) in [6.07, 6.45) is 1.22. The molecule has 3 nitrogen and oxygen atoms in total. The van der Waals surface area contributed by atoms with Gasteiger partial charge < -0.3 is 14.8 Å². The van der Waals surface area contributed by atoms with Crippen LogP contribution < -0.4 is 14.8 Å². The molecule has 0 aliphatic heterocycles. The van der Waals surface area contributed by atoms with Gasteiger partial charge in [0.15, 0.2) is 0 Å². The first-order chi connectivity index (χ1) is 13.5. The quantitative estimate of drug-likeness (QED) is 0.489. The summed E-state index contributed by atoms with van der Waals surface area (Å²) in [4.78, 5) is 0. The number of hydrogen-bond acceptors (Lipinski definition) is 3. The van der Waals surface area contributed by atoms with Crippen molar-refractivity contribution < 1.29 is 9.47 Å². The molecular formula is C26H39NO2. The molecule has 2 rings (SSSR count). The standard InChI is InChI=1S/C26H39NO2/c1-9-19(2)29-22-12-10-11-21(18-22)27-15-16-28-24-14-13-20(25(3,4)5)17-23(24)26(6,7)8/h10-14,17-19,27H,9,15-16H2,1-8H3. The summed E-state index contributed by atoms with van der Waals surface area (Å²) in [5.41, 5.74) is 3.81. The molecule has 0 saturated carbocycles. The lowest BCUT2D eigenvalue weighted by Crippen LogP contribution is -2.19. The highest BCUT2D eigenvalue weighted by molar-refractivity contribution is 5.48. The second-order valence-electron chi connectivity index (χ2n) is 9.85. The molecule has 1 N–H and O–H groups in total. The zero-order valence-corrected chi connectivity index (χ0v) is 19.6. The van der Waals surface area contributed by atoms with Gasteiger partial charge in [0.05, 0.1) is 6.10 Å². The molecule has 29 heavy (non-hydrogen) atoms. The Bertz CT molecular complexity index is 784. The number of benzene rings is 2. The maximum absolute atomic E-state index is 6.17. The van der Waals surface area contributed by atoms with Crippen LogP contribution in [0.25, 0.3) is 0 Å². The van der Waals surface area contributed by atoms with Gasteiger partial charge in [0, 0.05) is 18.3 Å². The van der Waals surface area contributed by atoms with Crippen LogP contribution in [0.1, 0.15) is 72.9 Å². The minimum Gasteiger partial charge on any atom is -0.491 e. The topological polar surface area (TPSA) is 30.5 Å². The maximum atomic E-state index is 6.17. The molecule has 0 radical (unpaired) electrons. The van der Waals surface area contributed by atoms with Crippen LogP contribution in [0.4, 0.5) is 5.69 Å². The second-order valence-corrected chi connectivity index (χ2v) is 9.85. The molecule has 2 aromatic rings. The normalized spacial score (nSPS) is 13.1. The molecule has 0 heterocycles. The number of hydrogen-bond donors (Lipinski definition) is 1. The van der Waals surface area contributed by atoms with Gasteiger partial charge >= 0.3 is 0 Å². The minimum atomic E-state index is 0.0334. The SMILES string of the molecule is CCC(C)Oc1cccc(NCCOc2ccc(C(C)(C)C)cc2C(C)(C)C)c1. The van der Waals surface area contributed by atoms with Crippen LogP contribution in [0.5, 0.6) is 11.5 Å². The first kappa shape index (κ1) is 23.1. The number of ether oxygens (including phenoxy) is 2. The van der Waals surface area contributed by atoms with Crippen molar-refractivity contribution >= 4 is 5.69 Å². The van der Waals surface area contributed by atoms with Crippen LogP contribution in [0, 0.1) is 0 Å². The Morgan fingerprint density at radius 1 is 0.931 bits per heavy atom. The van der Waals surface area contributed by atoms with E-state index in [4.69, 9.17) is 9.47 Å². The fourth-order valence-corrected chi connectivity index (χ4v) is 3.06. The van der Waals surface area contributed by atoms with E-state index >= 15 is 0 Å². The molecule has 0 aliphatic rings. The highest BCUT2D eigenvalue weighted by Gasteiger charge is 2.23. The van der Waals surface area contributed by atoms with E-state index < -0.39 is 0 Å². The van der Waals surface area contributed by atoms with Crippen molar-refractivity contribution in [2.24, 2.45) is 0 Å². The minimum absolute atomic E-state index is 0.0334. The Balaban J connectivity index is 1.99. The van der Waals surface area contributed by atoms with E-state index in [1.54, 1.807) is 0 Å². The van der Waals surface area contributed by atoms with Crippen molar-refractivity contribution in [3.63, 3.8) is 0 Å². The Labute approximate surface area is 177 Å². The Morgan fingerprint density at radius 3 is 2.28 bits per heavy atom. The average molecular weight is 398 g/mol. The summed E-state index contributed by atoms with van der Waals surface area (Å²) in [6, 6.07) is 14.7. The van der Waals surface area contributed by atoms with Crippen molar-refractivity contribution in [2.45, 2.75) is 78.7 Å². The fraction of sp³-hybridized carbons (Fsp3) is 0.538. The molecule has 0 aliphatic carbocycles. The third kappa shape index (κ3) is 6.99. The predicted molar refractivity (Wildman–Crippen MR) is 125 cm³/mol. The van der Waals surface area contributed by atoms with E-state index in [1.807, 2.05) is 18.2 Å². The summed E-state index contributed by atoms with van der Waals surface area (Å²) in [6.45, 7) is 19.0. The van der Waals surface area contributed by atoms with Gasteiger partial charge in [-0.15, -0.1) is 0 Å². The molecular weight excluding hydrogens is 358 g/mol. The van der Waals surface area contributed by atoms with Gasteiger partial charge in [-0.25, -0.2) is 0 Å². The largest absolute Gasteiger partial charge is 0.491 e. The summed E-state index contributed by atoms with van der Waals surface area (Å²) >= 11 is 0. The van der Waals surface area contributed by atoms with Crippen LogP contribution >= 0.6 is 0 Å². The first-order valence-corrected chi connectivity index (χ1v) is 10.8. The van der Waals surface area contributed by atoms with Gasteiger partial charge in [0.25, 0.3) is 0 Å². The summed E-state index contributed by atoms with van der Waals surface area (Å²) in [5, 5.41) is 3.44. The third-order valence-electron chi connectivity index (χ3n) is 5.09. The maximum Gasteiger partial charge on any atom is 0.123 e. The van der Waals surface area contributed by atoms with Crippen molar-refractivity contribution in [3.8, 4) is 11.5 Å². The molecule has 0 spiro atoms. The summed E-state index contributed by atoms with van der Waals surface area (Å²) < 4.78 is 12.1. The predicted octanol–water partition coefficient (Wildman–Crippen LogP) is 6.95. The fourth-order valence-electron chi connectivity index (χ4n) is 3.06. The lowest BCUT2D eigenvalue weighted by atomic mass is 9.80. The van der Waals surface area contributed by atoms with Crippen molar-refractivity contribution in [2.75, 3.05) is 18.5 Å². The van der Waals surface area contributed by atoms with Crippen molar-refractivity contribution in [1.82, 2.24) is 0 Å². The van der Waals surface area contributed by atoms with Gasteiger partial charge in [-0.05, 0) is 53.5 Å². The van der Waals surface area contributed by atoms with Crippen LogP contribution in [-0.2, 0) is 10.8 Å². The van der Waals surface area contributed by atoms with E-state index in [0.29, 0.717) is 6.61 Å². The van der Waals surface area contributed by atoms with Crippen LogP contribution in [0.3, 0.4) is 0 Å².